The molecule has 0 saturated heterocycles. The van der Waals surface area contributed by atoms with E-state index in [0.717, 1.165) is 11.5 Å². The van der Waals surface area contributed by atoms with Crippen molar-refractivity contribution in [1.29, 1.82) is 0 Å². The van der Waals surface area contributed by atoms with Crippen molar-refractivity contribution in [1.82, 2.24) is 14.8 Å². The van der Waals surface area contributed by atoms with Crippen LogP contribution in [0.15, 0.2) is 29.4 Å². The van der Waals surface area contributed by atoms with E-state index in [0.29, 0.717) is 18.0 Å². The molecule has 17 heavy (non-hydrogen) atoms. The first kappa shape index (κ1) is 12.1. The first-order valence-electron chi connectivity index (χ1n) is 5.53. The minimum absolute atomic E-state index is 0.155. The second-order valence-corrected chi connectivity index (χ2v) is 4.32. The zero-order chi connectivity index (χ0) is 12.3. The predicted molar refractivity (Wildman–Crippen MR) is 68.8 cm³/mol. The van der Waals surface area contributed by atoms with Crippen LogP contribution >= 0.6 is 12.6 Å². The van der Waals surface area contributed by atoms with E-state index in [4.69, 9.17) is 5.11 Å². The maximum Gasteiger partial charge on any atom is 0.192 e. The Bertz CT molecular complexity index is 510. The molecule has 2 aromatic rings. The minimum atomic E-state index is 0.155. The van der Waals surface area contributed by atoms with Crippen molar-refractivity contribution < 1.29 is 5.11 Å². The number of aliphatic hydroxyl groups excluding tert-OH is 1. The standard InChI is InChI=1S/C12H15N3OS/c1-9-4-2-5-10(8-9)15-11(6-3-7-16)13-14-12(15)17/h2,4-5,8,16H,3,6-7H2,1H3,(H,14,17). The van der Waals surface area contributed by atoms with Gasteiger partial charge in [-0.25, -0.2) is 0 Å². The molecule has 1 aromatic heterocycles. The minimum Gasteiger partial charge on any atom is -0.396 e. The van der Waals surface area contributed by atoms with Crippen LogP contribution in [0, 0.1) is 6.92 Å². The Morgan fingerprint density at radius 3 is 2.88 bits per heavy atom. The largest absolute Gasteiger partial charge is 0.396 e. The molecule has 0 unspecified atom stereocenters. The van der Waals surface area contributed by atoms with E-state index in [2.05, 4.69) is 28.9 Å². The van der Waals surface area contributed by atoms with Gasteiger partial charge in [0.2, 0.25) is 0 Å². The van der Waals surface area contributed by atoms with Gasteiger partial charge in [-0.2, -0.15) is 0 Å². The fraction of sp³-hybridized carbons (Fsp3) is 0.333. The molecule has 0 radical (unpaired) electrons. The van der Waals surface area contributed by atoms with Crippen LogP contribution in [0.2, 0.25) is 0 Å². The van der Waals surface area contributed by atoms with Gasteiger partial charge < -0.3 is 5.11 Å². The summed E-state index contributed by atoms with van der Waals surface area (Å²) in [6, 6.07) is 8.09. The molecule has 2 rings (SSSR count). The zero-order valence-electron chi connectivity index (χ0n) is 9.67. The summed E-state index contributed by atoms with van der Waals surface area (Å²) in [5.41, 5.74) is 2.19. The Hall–Kier alpha value is -1.33. The Kier molecular flexibility index (Phi) is 3.81. The molecule has 5 heteroatoms. The number of hydrogen-bond acceptors (Lipinski definition) is 4. The summed E-state index contributed by atoms with van der Waals surface area (Å²) in [6.45, 7) is 2.20. The fourth-order valence-corrected chi connectivity index (χ4v) is 2.01. The molecule has 4 nitrogen and oxygen atoms in total. The molecule has 1 N–H and O–H groups in total. The van der Waals surface area contributed by atoms with Crippen molar-refractivity contribution in [2.45, 2.75) is 24.9 Å². The summed E-state index contributed by atoms with van der Waals surface area (Å²) in [5, 5.41) is 17.5. The van der Waals surface area contributed by atoms with Gasteiger partial charge in [0, 0.05) is 18.7 Å². The van der Waals surface area contributed by atoms with Crippen LogP contribution < -0.4 is 0 Å². The van der Waals surface area contributed by atoms with Crippen molar-refractivity contribution in [3.63, 3.8) is 0 Å². The van der Waals surface area contributed by atoms with Crippen molar-refractivity contribution >= 4 is 12.6 Å². The van der Waals surface area contributed by atoms with E-state index in [-0.39, 0.29) is 6.61 Å². The SMILES string of the molecule is Cc1cccc(-n2c(S)nnc2CCCO)c1. The molecule has 0 saturated carbocycles. The van der Waals surface area contributed by atoms with E-state index < -0.39 is 0 Å². The number of aryl methyl sites for hydroxylation is 2. The summed E-state index contributed by atoms with van der Waals surface area (Å²) in [6.07, 6.45) is 1.37. The van der Waals surface area contributed by atoms with E-state index in [1.165, 1.54) is 5.56 Å². The van der Waals surface area contributed by atoms with Gasteiger partial charge >= 0.3 is 0 Å². The van der Waals surface area contributed by atoms with Crippen LogP contribution in [0.25, 0.3) is 5.69 Å². The van der Waals surface area contributed by atoms with Crippen LogP contribution in [0.3, 0.4) is 0 Å². The van der Waals surface area contributed by atoms with Gasteiger partial charge in [-0.05, 0) is 31.0 Å². The highest BCUT2D eigenvalue weighted by Crippen LogP contribution is 2.17. The van der Waals surface area contributed by atoms with E-state index in [1.807, 2.05) is 29.7 Å². The number of rotatable bonds is 4. The summed E-state index contributed by atoms with van der Waals surface area (Å²) in [5.74, 6) is 0.828. The number of thiol groups is 1. The Morgan fingerprint density at radius 1 is 1.35 bits per heavy atom. The number of aliphatic hydroxyl groups is 1. The smallest absolute Gasteiger partial charge is 0.192 e. The summed E-state index contributed by atoms with van der Waals surface area (Å²) in [7, 11) is 0. The van der Waals surface area contributed by atoms with Gasteiger partial charge in [0.1, 0.15) is 5.82 Å². The van der Waals surface area contributed by atoms with Gasteiger partial charge in [0.05, 0.1) is 0 Å². The van der Waals surface area contributed by atoms with Crippen molar-refractivity contribution in [2.75, 3.05) is 6.61 Å². The molecule has 1 aromatic carbocycles. The molecule has 0 bridgehead atoms. The normalized spacial score (nSPS) is 10.8. The molecule has 0 spiro atoms. The topological polar surface area (TPSA) is 50.9 Å². The van der Waals surface area contributed by atoms with Crippen molar-refractivity contribution in [3.8, 4) is 5.69 Å². The third-order valence-corrected chi connectivity index (χ3v) is 2.82. The number of hydrogen-bond donors (Lipinski definition) is 2. The average Bonchev–Trinajstić information content (AvgIpc) is 2.68. The highest BCUT2D eigenvalue weighted by Gasteiger charge is 2.10. The number of nitrogens with zero attached hydrogens (tertiary/aromatic N) is 3. The lowest BCUT2D eigenvalue weighted by atomic mass is 10.2. The van der Waals surface area contributed by atoms with Crippen molar-refractivity contribution in [2.24, 2.45) is 0 Å². The summed E-state index contributed by atoms with van der Waals surface area (Å²) < 4.78 is 1.91. The molecule has 1 heterocycles. The molecule has 0 fully saturated rings. The molecule has 0 atom stereocenters. The van der Waals surface area contributed by atoms with Crippen LogP contribution in [-0.4, -0.2) is 26.5 Å². The first-order valence-corrected chi connectivity index (χ1v) is 5.98. The second-order valence-electron chi connectivity index (χ2n) is 3.92. The highest BCUT2D eigenvalue weighted by atomic mass is 32.1. The third kappa shape index (κ3) is 2.68. The van der Waals surface area contributed by atoms with E-state index in [9.17, 15) is 0 Å². The molecule has 0 amide bonds. The lowest BCUT2D eigenvalue weighted by Gasteiger charge is -2.08. The zero-order valence-corrected chi connectivity index (χ0v) is 10.6. The van der Waals surface area contributed by atoms with Gasteiger partial charge in [-0.3, -0.25) is 4.57 Å². The second kappa shape index (κ2) is 5.33. The summed E-state index contributed by atoms with van der Waals surface area (Å²) >= 11 is 4.31. The summed E-state index contributed by atoms with van der Waals surface area (Å²) in [4.78, 5) is 0. The van der Waals surface area contributed by atoms with Gasteiger partial charge in [-0.1, -0.05) is 12.1 Å². The van der Waals surface area contributed by atoms with Crippen LogP contribution in [0.5, 0.6) is 0 Å². The molecule has 0 aliphatic heterocycles. The maximum atomic E-state index is 8.86. The number of benzene rings is 1. The van der Waals surface area contributed by atoms with Gasteiger partial charge in [-0.15, -0.1) is 22.8 Å². The lowest BCUT2D eigenvalue weighted by Crippen LogP contribution is -2.03. The average molecular weight is 249 g/mol. The number of aromatic nitrogens is 3. The van der Waals surface area contributed by atoms with E-state index >= 15 is 0 Å². The molecule has 0 aliphatic carbocycles. The van der Waals surface area contributed by atoms with Gasteiger partial charge in [0.15, 0.2) is 5.16 Å². The third-order valence-electron chi connectivity index (χ3n) is 2.53. The van der Waals surface area contributed by atoms with Crippen molar-refractivity contribution in [3.05, 3.63) is 35.7 Å². The Balaban J connectivity index is 2.39. The Labute approximate surface area is 106 Å². The van der Waals surface area contributed by atoms with Gasteiger partial charge in [0.25, 0.3) is 0 Å². The molecular formula is C12H15N3OS. The predicted octanol–water partition coefficient (Wildman–Crippen LogP) is 1.79. The Morgan fingerprint density at radius 2 is 2.18 bits per heavy atom. The first-order chi connectivity index (χ1) is 8.22. The maximum absolute atomic E-state index is 8.86. The molecule has 90 valence electrons. The monoisotopic (exact) mass is 249 g/mol. The quantitative estimate of drug-likeness (QED) is 0.812. The van der Waals surface area contributed by atoms with Crippen LogP contribution in [-0.2, 0) is 6.42 Å². The fourth-order valence-electron chi connectivity index (χ4n) is 1.74. The lowest BCUT2D eigenvalue weighted by molar-refractivity contribution is 0.287. The van der Waals surface area contributed by atoms with E-state index in [1.54, 1.807) is 0 Å². The van der Waals surface area contributed by atoms with Crippen LogP contribution in [0.1, 0.15) is 17.8 Å². The van der Waals surface area contributed by atoms with Crippen LogP contribution in [0.4, 0.5) is 0 Å². The highest BCUT2D eigenvalue weighted by molar-refractivity contribution is 7.80. The molecule has 0 aliphatic rings. The molecular weight excluding hydrogens is 234 g/mol.